The van der Waals surface area contributed by atoms with Gasteiger partial charge in [0.25, 0.3) is 5.91 Å². The number of nitrogens with zero attached hydrogens (tertiary/aromatic N) is 1. The number of aromatic hydroxyl groups is 1. The summed E-state index contributed by atoms with van der Waals surface area (Å²) in [7, 11) is 0. The Morgan fingerprint density at radius 3 is 2.50 bits per heavy atom. The van der Waals surface area contributed by atoms with Crippen LogP contribution >= 0.6 is 11.3 Å². The van der Waals surface area contributed by atoms with Crippen LogP contribution in [0.4, 0.5) is 0 Å². The molecular weight excluding hydrogens is 424 g/mol. The third-order valence-corrected chi connectivity index (χ3v) is 6.83. The van der Waals surface area contributed by atoms with Gasteiger partial charge in [-0.25, -0.2) is 10.2 Å². The number of amides is 1. The van der Waals surface area contributed by atoms with Crippen LogP contribution in [0.3, 0.4) is 0 Å². The lowest BCUT2D eigenvalue weighted by molar-refractivity contribution is 0.0695. The largest absolute Gasteiger partial charge is 0.506 e. The van der Waals surface area contributed by atoms with Crippen molar-refractivity contribution in [1.29, 1.82) is 0 Å². The van der Waals surface area contributed by atoms with Crippen molar-refractivity contribution >= 4 is 28.9 Å². The molecule has 2 aromatic carbocycles. The summed E-state index contributed by atoms with van der Waals surface area (Å²) in [5, 5.41) is 25.9. The molecule has 0 bridgehead atoms. The van der Waals surface area contributed by atoms with Gasteiger partial charge in [-0.2, -0.15) is 5.10 Å². The Labute approximate surface area is 190 Å². The summed E-state index contributed by atoms with van der Waals surface area (Å²) in [6.45, 7) is 3.36. The van der Waals surface area contributed by atoms with Gasteiger partial charge in [-0.15, -0.1) is 11.3 Å². The Balaban J connectivity index is 1.52. The molecule has 4 rings (SSSR count). The summed E-state index contributed by atoms with van der Waals surface area (Å²) in [6, 6.07) is 10.7. The fourth-order valence-corrected chi connectivity index (χ4v) is 4.99. The number of benzene rings is 2. The first-order valence-electron chi connectivity index (χ1n) is 10.5. The Morgan fingerprint density at radius 2 is 1.78 bits per heavy atom. The molecule has 164 valence electrons. The number of carbonyl (C=O) groups excluding carboxylic acids is 1. The molecule has 3 aromatic rings. The number of hydrazone groups is 1. The summed E-state index contributed by atoms with van der Waals surface area (Å²) in [4.78, 5) is 24.4. The number of hydrogen-bond acceptors (Lipinski definition) is 5. The average molecular weight is 449 g/mol. The topological polar surface area (TPSA) is 99.0 Å². The molecule has 1 heterocycles. The highest BCUT2D eigenvalue weighted by Crippen LogP contribution is 2.40. The molecule has 0 atom stereocenters. The Hall–Kier alpha value is -3.45. The quantitative estimate of drug-likeness (QED) is 0.371. The highest BCUT2D eigenvalue weighted by molar-refractivity contribution is 7.14. The van der Waals surface area contributed by atoms with Crippen LogP contribution in [-0.2, 0) is 12.8 Å². The molecule has 3 N–H and O–H groups in total. The van der Waals surface area contributed by atoms with E-state index in [0.29, 0.717) is 22.4 Å². The van der Waals surface area contributed by atoms with Gasteiger partial charge in [0.1, 0.15) is 5.75 Å². The second-order valence-corrected chi connectivity index (χ2v) is 8.87. The van der Waals surface area contributed by atoms with Crippen molar-refractivity contribution in [2.24, 2.45) is 5.10 Å². The van der Waals surface area contributed by atoms with Gasteiger partial charge in [0.15, 0.2) is 0 Å². The SMILES string of the molecule is C/C(=N\NC(=O)c1ccc(C(=O)O)c(C)c1)c1csc(-c2ccc3c(c2)CCCC3)c1O. The minimum Gasteiger partial charge on any atom is -0.506 e. The number of carbonyl (C=O) groups is 2. The maximum Gasteiger partial charge on any atom is 0.335 e. The van der Waals surface area contributed by atoms with Gasteiger partial charge in [0.05, 0.1) is 21.7 Å². The Bertz CT molecular complexity index is 1240. The first-order chi connectivity index (χ1) is 15.3. The maximum atomic E-state index is 12.4. The summed E-state index contributed by atoms with van der Waals surface area (Å²) in [5.74, 6) is -1.33. The van der Waals surface area contributed by atoms with Crippen molar-refractivity contribution in [2.75, 3.05) is 0 Å². The van der Waals surface area contributed by atoms with Crippen LogP contribution in [0.2, 0.25) is 0 Å². The monoisotopic (exact) mass is 448 g/mol. The van der Waals surface area contributed by atoms with E-state index in [1.165, 1.54) is 53.5 Å². The van der Waals surface area contributed by atoms with Crippen LogP contribution in [-0.4, -0.2) is 27.8 Å². The van der Waals surface area contributed by atoms with E-state index >= 15 is 0 Å². The van der Waals surface area contributed by atoms with E-state index in [9.17, 15) is 14.7 Å². The van der Waals surface area contributed by atoms with Crippen molar-refractivity contribution in [3.8, 4) is 16.2 Å². The van der Waals surface area contributed by atoms with E-state index in [1.807, 2.05) is 5.38 Å². The number of aryl methyl sites for hydroxylation is 3. The van der Waals surface area contributed by atoms with Crippen LogP contribution in [0.5, 0.6) is 5.75 Å². The molecular formula is C25H24N2O4S. The lowest BCUT2D eigenvalue weighted by Crippen LogP contribution is -2.19. The number of nitrogens with one attached hydrogen (secondary N) is 1. The van der Waals surface area contributed by atoms with Crippen LogP contribution in [0, 0.1) is 6.92 Å². The van der Waals surface area contributed by atoms with Gasteiger partial charge in [0, 0.05) is 10.9 Å². The number of carboxylic acid groups (broad SMARTS) is 1. The normalized spacial score (nSPS) is 13.5. The van der Waals surface area contributed by atoms with Gasteiger partial charge in [-0.3, -0.25) is 4.79 Å². The number of hydrogen-bond donors (Lipinski definition) is 3. The maximum absolute atomic E-state index is 12.4. The molecule has 0 saturated carbocycles. The van der Waals surface area contributed by atoms with Crippen LogP contribution in [0.1, 0.15) is 62.7 Å². The highest BCUT2D eigenvalue weighted by atomic mass is 32.1. The van der Waals surface area contributed by atoms with Crippen LogP contribution in [0.15, 0.2) is 46.9 Å². The van der Waals surface area contributed by atoms with Gasteiger partial charge < -0.3 is 10.2 Å². The molecule has 0 aliphatic heterocycles. The smallest absolute Gasteiger partial charge is 0.335 e. The van der Waals surface area contributed by atoms with E-state index in [4.69, 9.17) is 5.11 Å². The fourth-order valence-electron chi connectivity index (χ4n) is 3.99. The number of aromatic carboxylic acids is 1. The van der Waals surface area contributed by atoms with E-state index in [2.05, 4.69) is 28.7 Å². The molecule has 0 saturated heterocycles. The molecule has 1 amide bonds. The molecule has 32 heavy (non-hydrogen) atoms. The summed E-state index contributed by atoms with van der Waals surface area (Å²) < 4.78 is 0. The first kappa shape index (κ1) is 21.8. The zero-order chi connectivity index (χ0) is 22.8. The zero-order valence-corrected chi connectivity index (χ0v) is 18.8. The standard InChI is InChI=1S/C25H24N2O4S/c1-14-11-19(9-10-20(14)25(30)31)24(29)27-26-15(2)21-13-32-23(22(21)28)18-8-7-16-5-3-4-6-17(16)12-18/h7-13,28H,3-6H2,1-2H3,(H,27,29)(H,30,31)/b26-15+. The van der Waals surface area contributed by atoms with Crippen molar-refractivity contribution in [3.63, 3.8) is 0 Å². The predicted octanol–water partition coefficient (Wildman–Crippen LogP) is 5.16. The number of rotatable bonds is 5. The number of fused-ring (bicyclic) bond motifs is 1. The van der Waals surface area contributed by atoms with Crippen molar-refractivity contribution < 1.29 is 19.8 Å². The third kappa shape index (κ3) is 4.29. The molecule has 1 aliphatic rings. The van der Waals surface area contributed by atoms with E-state index in [1.54, 1.807) is 13.8 Å². The molecule has 1 aromatic heterocycles. The molecule has 7 heteroatoms. The van der Waals surface area contributed by atoms with Gasteiger partial charge in [0.2, 0.25) is 0 Å². The second kappa shape index (κ2) is 8.96. The predicted molar refractivity (Wildman–Crippen MR) is 126 cm³/mol. The Morgan fingerprint density at radius 1 is 1.03 bits per heavy atom. The summed E-state index contributed by atoms with van der Waals surface area (Å²) >= 11 is 1.45. The second-order valence-electron chi connectivity index (χ2n) is 7.99. The van der Waals surface area contributed by atoms with Crippen molar-refractivity contribution in [2.45, 2.75) is 39.5 Å². The van der Waals surface area contributed by atoms with Crippen molar-refractivity contribution in [3.05, 3.63) is 75.2 Å². The highest BCUT2D eigenvalue weighted by Gasteiger charge is 2.18. The fraction of sp³-hybridized carbons (Fsp3) is 0.240. The minimum atomic E-state index is -1.04. The lowest BCUT2D eigenvalue weighted by Gasteiger charge is -2.16. The van der Waals surface area contributed by atoms with Crippen LogP contribution < -0.4 is 5.43 Å². The minimum absolute atomic E-state index is 0.152. The Kier molecular flexibility index (Phi) is 6.10. The lowest BCUT2D eigenvalue weighted by atomic mass is 9.90. The molecule has 0 fully saturated rings. The van der Waals surface area contributed by atoms with Crippen LogP contribution in [0.25, 0.3) is 10.4 Å². The number of carboxylic acids is 1. The summed E-state index contributed by atoms with van der Waals surface area (Å²) in [6.07, 6.45) is 4.61. The molecule has 0 spiro atoms. The average Bonchev–Trinajstić information content (AvgIpc) is 3.17. The first-order valence-corrected chi connectivity index (χ1v) is 11.3. The zero-order valence-electron chi connectivity index (χ0n) is 17.9. The van der Waals surface area contributed by atoms with E-state index in [0.717, 1.165) is 23.3 Å². The van der Waals surface area contributed by atoms with Gasteiger partial charge in [-0.05, 0) is 86.1 Å². The molecule has 6 nitrogen and oxygen atoms in total. The molecule has 0 unspecified atom stereocenters. The summed E-state index contributed by atoms with van der Waals surface area (Å²) in [5.41, 5.74) is 8.23. The van der Waals surface area contributed by atoms with Crippen molar-refractivity contribution in [1.82, 2.24) is 5.43 Å². The third-order valence-electron chi connectivity index (χ3n) is 5.81. The van der Waals surface area contributed by atoms with Gasteiger partial charge >= 0.3 is 5.97 Å². The molecule has 1 aliphatic carbocycles. The van der Waals surface area contributed by atoms with E-state index in [-0.39, 0.29) is 11.3 Å². The van der Waals surface area contributed by atoms with Gasteiger partial charge in [-0.1, -0.05) is 12.1 Å². The molecule has 0 radical (unpaired) electrons. The van der Waals surface area contributed by atoms with E-state index < -0.39 is 11.9 Å². The number of thiophene rings is 1.